The summed E-state index contributed by atoms with van der Waals surface area (Å²) in [7, 11) is 2.13. The summed E-state index contributed by atoms with van der Waals surface area (Å²) in [5, 5.41) is 3.53. The lowest BCUT2D eigenvalue weighted by atomic mass is 9.60. The highest BCUT2D eigenvalue weighted by Crippen LogP contribution is 2.55. The Morgan fingerprint density at radius 1 is 1.00 bits per heavy atom. The van der Waals surface area contributed by atoms with Crippen LogP contribution in [0.3, 0.4) is 0 Å². The smallest absolute Gasteiger partial charge is 0.0665 e. The molecule has 0 aromatic carbocycles. The first-order chi connectivity index (χ1) is 9.06. The number of nitrogens with one attached hydrogen (secondary N) is 1. The van der Waals surface area contributed by atoms with Gasteiger partial charge in [-0.2, -0.15) is 0 Å². The maximum atomic E-state index is 6.55. The molecule has 0 bridgehead atoms. The van der Waals surface area contributed by atoms with E-state index in [4.69, 9.17) is 4.74 Å². The van der Waals surface area contributed by atoms with Crippen LogP contribution in [0, 0.1) is 10.8 Å². The van der Waals surface area contributed by atoms with Crippen molar-refractivity contribution >= 4 is 0 Å². The van der Waals surface area contributed by atoms with Gasteiger partial charge < -0.3 is 10.1 Å². The number of ether oxygens (including phenoxy) is 1. The van der Waals surface area contributed by atoms with Gasteiger partial charge in [-0.1, -0.05) is 26.7 Å². The first-order valence-electron chi connectivity index (χ1n) is 8.38. The first kappa shape index (κ1) is 13.9. The third-order valence-electron chi connectivity index (χ3n) is 6.31. The van der Waals surface area contributed by atoms with Crippen molar-refractivity contribution in [2.75, 3.05) is 7.05 Å². The van der Waals surface area contributed by atoms with Crippen molar-refractivity contribution < 1.29 is 4.74 Å². The molecule has 0 aliphatic heterocycles. The van der Waals surface area contributed by atoms with E-state index in [1.165, 1.54) is 57.8 Å². The van der Waals surface area contributed by atoms with Gasteiger partial charge in [0, 0.05) is 11.5 Å². The fourth-order valence-corrected chi connectivity index (χ4v) is 4.79. The van der Waals surface area contributed by atoms with Gasteiger partial charge >= 0.3 is 0 Å². The van der Waals surface area contributed by atoms with E-state index in [0.717, 1.165) is 6.04 Å². The van der Waals surface area contributed by atoms with Crippen LogP contribution in [-0.4, -0.2) is 25.3 Å². The molecule has 19 heavy (non-hydrogen) atoms. The van der Waals surface area contributed by atoms with Gasteiger partial charge in [0.2, 0.25) is 0 Å². The molecule has 0 amide bonds. The highest BCUT2D eigenvalue weighted by atomic mass is 16.5. The second-order valence-corrected chi connectivity index (χ2v) is 8.01. The molecular formula is C17H31NO. The maximum Gasteiger partial charge on any atom is 0.0665 e. The molecule has 1 spiro atoms. The largest absolute Gasteiger partial charge is 0.374 e. The molecule has 2 nitrogen and oxygen atoms in total. The van der Waals surface area contributed by atoms with Crippen molar-refractivity contribution in [3.8, 4) is 0 Å². The van der Waals surface area contributed by atoms with E-state index >= 15 is 0 Å². The lowest BCUT2D eigenvalue weighted by Gasteiger charge is -2.55. The van der Waals surface area contributed by atoms with Crippen molar-refractivity contribution in [2.24, 2.45) is 10.8 Å². The lowest BCUT2D eigenvalue weighted by Crippen LogP contribution is -2.62. The fourth-order valence-electron chi connectivity index (χ4n) is 4.79. The van der Waals surface area contributed by atoms with E-state index in [-0.39, 0.29) is 0 Å². The van der Waals surface area contributed by atoms with Crippen molar-refractivity contribution in [1.82, 2.24) is 5.32 Å². The summed E-state index contributed by atoms with van der Waals surface area (Å²) in [6.45, 7) is 4.81. The Labute approximate surface area is 118 Å². The third kappa shape index (κ3) is 2.47. The molecule has 2 atom stereocenters. The Hall–Kier alpha value is -0.0800. The van der Waals surface area contributed by atoms with Gasteiger partial charge in [-0.3, -0.25) is 0 Å². The highest BCUT2D eigenvalue weighted by Gasteiger charge is 2.56. The molecule has 2 unspecified atom stereocenters. The van der Waals surface area contributed by atoms with Gasteiger partial charge in [0.1, 0.15) is 0 Å². The molecule has 3 aliphatic carbocycles. The van der Waals surface area contributed by atoms with Crippen LogP contribution in [0.1, 0.15) is 71.6 Å². The fraction of sp³-hybridized carbons (Fsp3) is 1.00. The molecule has 110 valence electrons. The van der Waals surface area contributed by atoms with E-state index < -0.39 is 0 Å². The Morgan fingerprint density at radius 3 is 2.21 bits per heavy atom. The summed E-state index contributed by atoms with van der Waals surface area (Å²) >= 11 is 0. The van der Waals surface area contributed by atoms with E-state index in [1.54, 1.807) is 0 Å². The van der Waals surface area contributed by atoms with Crippen LogP contribution < -0.4 is 5.32 Å². The van der Waals surface area contributed by atoms with Gasteiger partial charge in [0.15, 0.2) is 0 Å². The number of hydrogen-bond donors (Lipinski definition) is 1. The lowest BCUT2D eigenvalue weighted by molar-refractivity contribution is -0.169. The topological polar surface area (TPSA) is 21.3 Å². The normalized spacial score (nSPS) is 37.4. The molecule has 1 N–H and O–H groups in total. The van der Waals surface area contributed by atoms with E-state index in [9.17, 15) is 0 Å². The summed E-state index contributed by atoms with van der Waals surface area (Å²) in [6, 6.07) is 0.722. The van der Waals surface area contributed by atoms with Crippen LogP contribution in [0.2, 0.25) is 0 Å². The summed E-state index contributed by atoms with van der Waals surface area (Å²) < 4.78 is 6.55. The Balaban J connectivity index is 1.56. The molecule has 0 aromatic rings. The van der Waals surface area contributed by atoms with Gasteiger partial charge in [0.25, 0.3) is 0 Å². The minimum absolute atomic E-state index is 0.502. The van der Waals surface area contributed by atoms with Crippen LogP contribution in [-0.2, 0) is 4.74 Å². The average Bonchev–Trinajstić information content (AvgIpc) is 2.88. The van der Waals surface area contributed by atoms with Crippen molar-refractivity contribution in [3.63, 3.8) is 0 Å². The second-order valence-electron chi connectivity index (χ2n) is 8.01. The predicted octanol–water partition coefficient (Wildman–Crippen LogP) is 3.89. The average molecular weight is 265 g/mol. The monoisotopic (exact) mass is 265 g/mol. The van der Waals surface area contributed by atoms with E-state index in [1.807, 2.05) is 0 Å². The SMILES string of the molecule is CNC1CC(OC2CCC(C)(C)CC2)C12CCCC2. The number of rotatable bonds is 3. The molecule has 0 heterocycles. The summed E-state index contributed by atoms with van der Waals surface area (Å²) in [6.07, 6.45) is 13.2. The molecule has 3 rings (SSSR count). The molecule has 0 radical (unpaired) electrons. The van der Waals surface area contributed by atoms with Gasteiger partial charge in [-0.15, -0.1) is 0 Å². The Bertz CT molecular complexity index is 309. The van der Waals surface area contributed by atoms with Crippen LogP contribution in [0.5, 0.6) is 0 Å². The molecule has 0 saturated heterocycles. The standard InChI is InChI=1S/C17H31NO/c1-16(2)10-6-13(7-11-16)19-15-12-14(18-3)17(15)8-4-5-9-17/h13-15,18H,4-12H2,1-3H3. The van der Waals surface area contributed by atoms with Crippen molar-refractivity contribution in [1.29, 1.82) is 0 Å². The van der Waals surface area contributed by atoms with E-state index in [2.05, 4.69) is 26.2 Å². The van der Waals surface area contributed by atoms with Crippen LogP contribution in [0.4, 0.5) is 0 Å². The molecular weight excluding hydrogens is 234 g/mol. The highest BCUT2D eigenvalue weighted by molar-refractivity contribution is 5.09. The molecule has 3 fully saturated rings. The minimum Gasteiger partial charge on any atom is -0.374 e. The molecule has 3 saturated carbocycles. The van der Waals surface area contributed by atoms with Gasteiger partial charge in [-0.25, -0.2) is 0 Å². The number of hydrogen-bond acceptors (Lipinski definition) is 2. The van der Waals surface area contributed by atoms with Crippen molar-refractivity contribution in [3.05, 3.63) is 0 Å². The quantitative estimate of drug-likeness (QED) is 0.836. The van der Waals surface area contributed by atoms with Gasteiger partial charge in [-0.05, 0) is 57.4 Å². The zero-order valence-corrected chi connectivity index (χ0v) is 13.0. The molecule has 2 heteroatoms. The minimum atomic E-state index is 0.502. The zero-order chi connectivity index (χ0) is 13.5. The summed E-state index contributed by atoms with van der Waals surface area (Å²) in [5.74, 6) is 0. The van der Waals surface area contributed by atoms with Crippen LogP contribution in [0.25, 0.3) is 0 Å². The van der Waals surface area contributed by atoms with Crippen LogP contribution in [0.15, 0.2) is 0 Å². The molecule has 0 aromatic heterocycles. The third-order valence-corrected chi connectivity index (χ3v) is 6.31. The van der Waals surface area contributed by atoms with Crippen LogP contribution >= 0.6 is 0 Å². The summed E-state index contributed by atoms with van der Waals surface area (Å²) in [4.78, 5) is 0. The second kappa shape index (κ2) is 5.04. The Morgan fingerprint density at radius 2 is 1.63 bits per heavy atom. The van der Waals surface area contributed by atoms with Gasteiger partial charge in [0.05, 0.1) is 12.2 Å². The van der Waals surface area contributed by atoms with E-state index in [0.29, 0.717) is 23.0 Å². The Kier molecular flexibility index (Phi) is 3.68. The zero-order valence-electron chi connectivity index (χ0n) is 13.0. The van der Waals surface area contributed by atoms with Crippen molar-refractivity contribution in [2.45, 2.75) is 89.9 Å². The predicted molar refractivity (Wildman–Crippen MR) is 79.3 cm³/mol. The maximum absolute atomic E-state index is 6.55. The first-order valence-corrected chi connectivity index (χ1v) is 8.38. The summed E-state index contributed by atoms with van der Waals surface area (Å²) in [5.41, 5.74) is 1.06. The molecule has 3 aliphatic rings.